The van der Waals surface area contributed by atoms with Crippen LogP contribution in [0, 0.1) is 6.92 Å². The fourth-order valence-electron chi connectivity index (χ4n) is 2.94. The number of thioether (sulfide) groups is 1. The van der Waals surface area contributed by atoms with Crippen LogP contribution in [0.15, 0.2) is 64.5 Å². The number of hydrogen-bond donors (Lipinski definition) is 2. The van der Waals surface area contributed by atoms with Crippen molar-refractivity contribution in [1.29, 1.82) is 0 Å². The van der Waals surface area contributed by atoms with Gasteiger partial charge in [0.05, 0.1) is 5.25 Å². The van der Waals surface area contributed by atoms with Crippen LogP contribution in [-0.4, -0.2) is 21.1 Å². The Bertz CT molecular complexity index is 1030. The van der Waals surface area contributed by atoms with E-state index in [1.54, 1.807) is 6.92 Å². The lowest BCUT2D eigenvalue weighted by Gasteiger charge is -2.13. The molecule has 1 unspecified atom stereocenters. The van der Waals surface area contributed by atoms with Gasteiger partial charge in [-0.1, -0.05) is 61.2 Å². The van der Waals surface area contributed by atoms with E-state index < -0.39 is 5.25 Å². The molecule has 0 saturated heterocycles. The molecule has 0 aliphatic rings. The fourth-order valence-corrected chi connectivity index (χ4v) is 3.78. The topological polar surface area (TPSA) is 74.8 Å². The van der Waals surface area contributed by atoms with Crippen LogP contribution in [0.5, 0.6) is 0 Å². The lowest BCUT2D eigenvalue weighted by atomic mass is 10.1. The number of aromatic nitrogens is 2. The summed E-state index contributed by atoms with van der Waals surface area (Å²) in [5.74, 6) is -0.132. The summed E-state index contributed by atoms with van der Waals surface area (Å²) in [5.41, 5.74) is 4.21. The van der Waals surface area contributed by atoms with Crippen LogP contribution in [0.4, 0.5) is 5.69 Å². The Kier molecular flexibility index (Phi) is 6.88. The first-order valence-corrected chi connectivity index (χ1v) is 10.5. The standard InChI is InChI=1S/C23H25N3O2S/c1-4-17-10-12-19(13-11-17)25-21(27)16(3)29-23-24-15(2)20(22(28)26-23)14-18-8-6-5-7-9-18/h5-13,16H,4,14H2,1-3H3,(H,25,27)(H,24,26,28). The van der Waals surface area contributed by atoms with Crippen LogP contribution >= 0.6 is 11.8 Å². The summed E-state index contributed by atoms with van der Waals surface area (Å²) in [6.45, 7) is 5.72. The summed E-state index contributed by atoms with van der Waals surface area (Å²) in [7, 11) is 0. The summed E-state index contributed by atoms with van der Waals surface area (Å²) in [6, 6.07) is 17.6. The van der Waals surface area contributed by atoms with Gasteiger partial charge in [-0.15, -0.1) is 0 Å². The van der Waals surface area contributed by atoms with Gasteiger partial charge in [0, 0.05) is 23.4 Å². The molecular weight excluding hydrogens is 382 g/mol. The predicted molar refractivity (Wildman–Crippen MR) is 119 cm³/mol. The Morgan fingerprint density at radius 2 is 1.79 bits per heavy atom. The number of benzene rings is 2. The molecule has 6 heteroatoms. The van der Waals surface area contributed by atoms with Crippen LogP contribution in [-0.2, 0) is 17.6 Å². The summed E-state index contributed by atoms with van der Waals surface area (Å²) < 4.78 is 0. The summed E-state index contributed by atoms with van der Waals surface area (Å²) in [4.78, 5) is 32.4. The van der Waals surface area contributed by atoms with Crippen molar-refractivity contribution in [2.24, 2.45) is 0 Å². The van der Waals surface area contributed by atoms with E-state index in [0.717, 1.165) is 17.7 Å². The van der Waals surface area contributed by atoms with E-state index in [2.05, 4.69) is 22.2 Å². The zero-order valence-electron chi connectivity index (χ0n) is 16.9. The van der Waals surface area contributed by atoms with Crippen LogP contribution in [0.1, 0.15) is 36.2 Å². The molecule has 0 radical (unpaired) electrons. The van der Waals surface area contributed by atoms with E-state index in [1.807, 2.05) is 61.5 Å². The lowest BCUT2D eigenvalue weighted by Crippen LogP contribution is -2.24. The second-order valence-electron chi connectivity index (χ2n) is 6.90. The number of H-pyrrole nitrogens is 1. The molecule has 0 fully saturated rings. The Labute approximate surface area is 175 Å². The van der Waals surface area contributed by atoms with Crippen LogP contribution in [0.3, 0.4) is 0 Å². The zero-order valence-corrected chi connectivity index (χ0v) is 17.7. The van der Waals surface area contributed by atoms with Crippen molar-refractivity contribution in [1.82, 2.24) is 9.97 Å². The minimum atomic E-state index is -0.400. The molecule has 1 aromatic heterocycles. The van der Waals surface area contributed by atoms with Crippen molar-refractivity contribution in [3.63, 3.8) is 0 Å². The van der Waals surface area contributed by atoms with Gasteiger partial charge >= 0.3 is 0 Å². The molecule has 3 aromatic rings. The molecule has 0 aliphatic heterocycles. The first-order chi connectivity index (χ1) is 14.0. The van der Waals surface area contributed by atoms with Gasteiger partial charge in [0.15, 0.2) is 5.16 Å². The number of aryl methyl sites for hydroxylation is 2. The quantitative estimate of drug-likeness (QED) is 0.451. The van der Waals surface area contributed by atoms with Crippen LogP contribution in [0.25, 0.3) is 0 Å². The summed E-state index contributed by atoms with van der Waals surface area (Å²) in [6.07, 6.45) is 1.49. The molecular formula is C23H25N3O2S. The maximum Gasteiger partial charge on any atom is 0.255 e. The maximum absolute atomic E-state index is 12.6. The molecule has 3 rings (SSSR count). The third-order valence-electron chi connectivity index (χ3n) is 4.71. The van der Waals surface area contributed by atoms with E-state index in [9.17, 15) is 9.59 Å². The van der Waals surface area contributed by atoms with Gasteiger partial charge < -0.3 is 10.3 Å². The number of anilines is 1. The molecule has 1 heterocycles. The first-order valence-electron chi connectivity index (χ1n) is 9.66. The van der Waals surface area contributed by atoms with Gasteiger partial charge in [-0.25, -0.2) is 4.98 Å². The molecule has 2 N–H and O–H groups in total. The molecule has 29 heavy (non-hydrogen) atoms. The van der Waals surface area contributed by atoms with E-state index in [1.165, 1.54) is 17.3 Å². The maximum atomic E-state index is 12.6. The molecule has 2 aromatic carbocycles. The molecule has 0 bridgehead atoms. The first kappa shape index (κ1) is 20.9. The predicted octanol–water partition coefficient (Wildman–Crippen LogP) is 4.35. The van der Waals surface area contributed by atoms with Crippen LogP contribution in [0.2, 0.25) is 0 Å². The van der Waals surface area contributed by atoms with E-state index in [4.69, 9.17) is 0 Å². The summed E-state index contributed by atoms with van der Waals surface area (Å²) >= 11 is 1.24. The average molecular weight is 408 g/mol. The van der Waals surface area contributed by atoms with E-state index in [0.29, 0.717) is 22.8 Å². The average Bonchev–Trinajstić information content (AvgIpc) is 2.72. The minimum absolute atomic E-state index is 0.132. The van der Waals surface area contributed by atoms with Gasteiger partial charge in [0.25, 0.3) is 5.56 Å². The number of carbonyl (C=O) groups excluding carboxylic acids is 1. The van der Waals surface area contributed by atoms with Crippen molar-refractivity contribution in [3.8, 4) is 0 Å². The number of nitrogens with one attached hydrogen (secondary N) is 2. The van der Waals surface area contributed by atoms with Crippen molar-refractivity contribution in [3.05, 3.63) is 87.3 Å². The Morgan fingerprint density at radius 1 is 1.10 bits per heavy atom. The van der Waals surface area contributed by atoms with Crippen LogP contribution < -0.4 is 10.9 Å². The minimum Gasteiger partial charge on any atom is -0.325 e. The lowest BCUT2D eigenvalue weighted by molar-refractivity contribution is -0.115. The van der Waals surface area contributed by atoms with Crippen molar-refractivity contribution in [2.75, 3.05) is 5.32 Å². The van der Waals surface area contributed by atoms with Gasteiger partial charge in [-0.05, 0) is 43.5 Å². The fraction of sp³-hybridized carbons (Fsp3) is 0.261. The monoisotopic (exact) mass is 407 g/mol. The van der Waals surface area contributed by atoms with Gasteiger partial charge in [0.2, 0.25) is 5.91 Å². The molecule has 150 valence electrons. The smallest absolute Gasteiger partial charge is 0.255 e. The van der Waals surface area contributed by atoms with Gasteiger partial charge in [-0.2, -0.15) is 0 Å². The highest BCUT2D eigenvalue weighted by Crippen LogP contribution is 2.21. The number of nitrogens with zero attached hydrogens (tertiary/aromatic N) is 1. The SMILES string of the molecule is CCc1ccc(NC(=O)C(C)Sc2nc(C)c(Cc3ccccc3)c(=O)[nH]2)cc1. The summed E-state index contributed by atoms with van der Waals surface area (Å²) in [5, 5.41) is 2.96. The number of carbonyl (C=O) groups is 1. The van der Waals surface area contributed by atoms with Crippen molar-refractivity contribution in [2.45, 2.75) is 44.0 Å². The third kappa shape index (κ3) is 5.57. The van der Waals surface area contributed by atoms with Crippen molar-refractivity contribution < 1.29 is 4.79 Å². The Balaban J connectivity index is 1.67. The molecule has 0 aliphatic carbocycles. The Hall–Kier alpha value is -2.86. The zero-order chi connectivity index (χ0) is 20.8. The molecule has 5 nitrogen and oxygen atoms in total. The van der Waals surface area contributed by atoms with Gasteiger partial charge in [-0.3, -0.25) is 9.59 Å². The number of hydrogen-bond acceptors (Lipinski definition) is 4. The highest BCUT2D eigenvalue weighted by Gasteiger charge is 2.17. The molecule has 0 spiro atoms. The largest absolute Gasteiger partial charge is 0.325 e. The van der Waals surface area contributed by atoms with E-state index >= 15 is 0 Å². The molecule has 1 atom stereocenters. The molecule has 1 amide bonds. The highest BCUT2D eigenvalue weighted by atomic mass is 32.2. The van der Waals surface area contributed by atoms with Gasteiger partial charge in [0.1, 0.15) is 0 Å². The number of aromatic amines is 1. The Morgan fingerprint density at radius 3 is 2.41 bits per heavy atom. The number of amides is 1. The second kappa shape index (κ2) is 9.56. The third-order valence-corrected chi connectivity index (χ3v) is 5.70. The van der Waals surface area contributed by atoms with Crippen molar-refractivity contribution >= 4 is 23.4 Å². The molecule has 0 saturated carbocycles. The van der Waals surface area contributed by atoms with E-state index in [-0.39, 0.29) is 11.5 Å². The highest BCUT2D eigenvalue weighted by molar-refractivity contribution is 8.00. The second-order valence-corrected chi connectivity index (χ2v) is 8.23. The number of rotatable bonds is 7. The normalized spacial score (nSPS) is 11.8.